The van der Waals surface area contributed by atoms with Crippen LogP contribution in [0.15, 0.2) is 25.3 Å². The average Bonchev–Trinajstić information content (AvgIpc) is 3.01. The van der Waals surface area contributed by atoms with Gasteiger partial charge in [0.1, 0.15) is 33.0 Å². The average molecular weight is 689 g/mol. The van der Waals surface area contributed by atoms with Gasteiger partial charge in [-0.05, 0) is 31.6 Å². The van der Waals surface area contributed by atoms with Crippen LogP contribution in [0.5, 0.6) is 0 Å². The van der Waals surface area contributed by atoms with E-state index in [-0.39, 0.29) is 70.9 Å². The molecule has 0 bridgehead atoms. The maximum Gasteiger partial charge on any atom is 0.508 e. The molecule has 1 saturated carbocycles. The summed E-state index contributed by atoms with van der Waals surface area (Å²) in [5, 5.41) is 5.69. The van der Waals surface area contributed by atoms with Crippen LogP contribution in [0.4, 0.5) is 19.2 Å². The lowest BCUT2D eigenvalue weighted by atomic mass is 9.67. The van der Waals surface area contributed by atoms with Crippen LogP contribution in [0.3, 0.4) is 0 Å². The minimum absolute atomic E-state index is 0.0831. The van der Waals surface area contributed by atoms with Crippen molar-refractivity contribution < 1.29 is 71.4 Å². The SMILES string of the molecule is C=CC(=O)OCCCOCC(COC(=O)C=C)COC(=O)NC1(C)CC(NC(=O)OCCOC(=O)OCCOC(=O)OC)CC(C)(C)C1. The first-order chi connectivity index (χ1) is 22.7. The summed E-state index contributed by atoms with van der Waals surface area (Å²) in [6, 6.07) is -0.363. The normalized spacial score (nSPS) is 18.5. The molecule has 0 spiro atoms. The van der Waals surface area contributed by atoms with Gasteiger partial charge in [0.2, 0.25) is 0 Å². The highest BCUT2D eigenvalue weighted by Crippen LogP contribution is 2.41. The van der Waals surface area contributed by atoms with Gasteiger partial charge in [0.25, 0.3) is 0 Å². The summed E-state index contributed by atoms with van der Waals surface area (Å²) in [6.45, 7) is 11.9. The largest absolute Gasteiger partial charge is 0.508 e. The van der Waals surface area contributed by atoms with E-state index in [0.29, 0.717) is 25.7 Å². The fourth-order valence-corrected chi connectivity index (χ4v) is 5.02. The van der Waals surface area contributed by atoms with Crippen molar-refractivity contribution in [3.63, 3.8) is 0 Å². The second kappa shape index (κ2) is 22.1. The first-order valence-corrected chi connectivity index (χ1v) is 15.3. The number of alkyl carbamates (subject to hydrolysis) is 2. The summed E-state index contributed by atoms with van der Waals surface area (Å²) in [5.41, 5.74) is -1.04. The molecule has 48 heavy (non-hydrogen) atoms. The van der Waals surface area contributed by atoms with Gasteiger partial charge in [-0.15, -0.1) is 0 Å². The van der Waals surface area contributed by atoms with Crippen molar-refractivity contribution in [2.45, 2.75) is 58.0 Å². The number of amides is 2. The summed E-state index contributed by atoms with van der Waals surface area (Å²) in [5.74, 6) is -1.66. The van der Waals surface area contributed by atoms with Crippen LogP contribution < -0.4 is 10.6 Å². The van der Waals surface area contributed by atoms with Gasteiger partial charge in [0.15, 0.2) is 0 Å². The zero-order valence-corrected chi connectivity index (χ0v) is 28.0. The third-order valence-corrected chi connectivity index (χ3v) is 6.59. The molecule has 0 heterocycles. The molecule has 0 aromatic rings. The van der Waals surface area contributed by atoms with Crippen LogP contribution in [-0.4, -0.2) is 115 Å². The molecule has 0 aromatic heterocycles. The van der Waals surface area contributed by atoms with Crippen molar-refractivity contribution in [3.05, 3.63) is 25.3 Å². The van der Waals surface area contributed by atoms with Gasteiger partial charge in [0.05, 0.1) is 32.8 Å². The van der Waals surface area contributed by atoms with Crippen molar-refractivity contribution in [1.29, 1.82) is 0 Å². The lowest BCUT2D eigenvalue weighted by molar-refractivity contribution is -0.140. The molecule has 0 aliphatic heterocycles. The quantitative estimate of drug-likeness (QED) is 0.0814. The number of rotatable bonds is 20. The van der Waals surface area contributed by atoms with E-state index in [2.05, 4.69) is 33.3 Å². The molecule has 1 aliphatic carbocycles. The van der Waals surface area contributed by atoms with Gasteiger partial charge in [0, 0.05) is 36.8 Å². The molecule has 3 atom stereocenters. The van der Waals surface area contributed by atoms with Crippen molar-refractivity contribution in [2.24, 2.45) is 11.3 Å². The van der Waals surface area contributed by atoms with Crippen molar-refractivity contribution in [2.75, 3.05) is 66.6 Å². The zero-order chi connectivity index (χ0) is 36.0. The van der Waals surface area contributed by atoms with Crippen LogP contribution in [0.25, 0.3) is 0 Å². The van der Waals surface area contributed by atoms with E-state index in [9.17, 15) is 28.8 Å². The Bertz CT molecular complexity index is 1100. The van der Waals surface area contributed by atoms with Crippen molar-refractivity contribution >= 4 is 36.4 Å². The maximum atomic E-state index is 12.9. The van der Waals surface area contributed by atoms with Gasteiger partial charge >= 0.3 is 36.4 Å². The minimum Gasteiger partial charge on any atom is -0.462 e. The summed E-state index contributed by atoms with van der Waals surface area (Å²) < 4.78 is 44.5. The predicted molar refractivity (Wildman–Crippen MR) is 166 cm³/mol. The summed E-state index contributed by atoms with van der Waals surface area (Å²) in [6.07, 6.45) is 0.686. The first-order valence-electron chi connectivity index (χ1n) is 15.3. The van der Waals surface area contributed by atoms with Gasteiger partial charge in [-0.1, -0.05) is 27.0 Å². The molecular formula is C31H48N2O15. The highest BCUT2D eigenvalue weighted by molar-refractivity contribution is 5.81. The third kappa shape index (κ3) is 19.2. The van der Waals surface area contributed by atoms with E-state index in [1.54, 1.807) is 0 Å². The molecule has 1 aliphatic rings. The Morgan fingerprint density at radius 2 is 1.29 bits per heavy atom. The molecule has 0 saturated heterocycles. The fourth-order valence-electron chi connectivity index (χ4n) is 5.02. The van der Waals surface area contributed by atoms with E-state index < -0.39 is 47.9 Å². The summed E-state index contributed by atoms with van der Waals surface area (Å²) in [7, 11) is 1.14. The zero-order valence-electron chi connectivity index (χ0n) is 28.0. The molecular weight excluding hydrogens is 640 g/mol. The molecule has 2 N–H and O–H groups in total. The number of nitrogens with one attached hydrogen (secondary N) is 2. The standard InChI is InChI=1S/C31H48N2O15/c1-7-24(34)42-11-9-10-41-18-22(19-47-25(35)8-2)20-48-27(37)33-31(5)17-23(16-30(3,4)21-31)32-26(36)43-12-13-45-29(39)46-15-14-44-28(38)40-6/h7-8,22-23H,1-2,9-21H2,3-6H3,(H,32,36)(H,33,37). The number of ether oxygens (including phenoxy) is 9. The topological polar surface area (TPSA) is 210 Å². The maximum absolute atomic E-state index is 12.9. The first kappa shape index (κ1) is 41.5. The lowest BCUT2D eigenvalue weighted by Crippen LogP contribution is -2.57. The molecule has 0 aromatic carbocycles. The number of methoxy groups -OCH3 is 1. The summed E-state index contributed by atoms with van der Waals surface area (Å²) >= 11 is 0. The number of hydrogen-bond donors (Lipinski definition) is 2. The van der Waals surface area contributed by atoms with Gasteiger partial charge in [-0.25, -0.2) is 28.8 Å². The molecule has 272 valence electrons. The van der Waals surface area contributed by atoms with Gasteiger partial charge < -0.3 is 53.3 Å². The molecule has 17 nitrogen and oxygen atoms in total. The Hall–Kier alpha value is -4.54. The molecule has 0 radical (unpaired) electrons. The lowest BCUT2D eigenvalue weighted by Gasteiger charge is -2.46. The van der Waals surface area contributed by atoms with Gasteiger partial charge in [-0.3, -0.25) is 0 Å². The van der Waals surface area contributed by atoms with Crippen LogP contribution >= 0.6 is 0 Å². The smallest absolute Gasteiger partial charge is 0.462 e. The Morgan fingerprint density at radius 3 is 1.92 bits per heavy atom. The van der Waals surface area contributed by atoms with Crippen molar-refractivity contribution in [1.82, 2.24) is 10.6 Å². The van der Waals surface area contributed by atoms with E-state index in [1.165, 1.54) is 0 Å². The number of carbonyl (C=O) groups is 6. The Labute approximate surface area is 279 Å². The van der Waals surface area contributed by atoms with E-state index in [1.807, 2.05) is 20.8 Å². The van der Waals surface area contributed by atoms with Crippen LogP contribution in [0.2, 0.25) is 0 Å². The fraction of sp³-hybridized carbons (Fsp3) is 0.677. The van der Waals surface area contributed by atoms with E-state index in [0.717, 1.165) is 19.3 Å². The van der Waals surface area contributed by atoms with Crippen LogP contribution in [-0.2, 0) is 52.2 Å². The molecule has 1 fully saturated rings. The van der Waals surface area contributed by atoms with Crippen LogP contribution in [0, 0.1) is 11.3 Å². The van der Waals surface area contributed by atoms with E-state index >= 15 is 0 Å². The monoisotopic (exact) mass is 688 g/mol. The molecule has 3 unspecified atom stereocenters. The van der Waals surface area contributed by atoms with Gasteiger partial charge in [-0.2, -0.15) is 0 Å². The third-order valence-electron chi connectivity index (χ3n) is 6.59. The van der Waals surface area contributed by atoms with Crippen molar-refractivity contribution in [3.8, 4) is 0 Å². The second-order valence-electron chi connectivity index (χ2n) is 11.8. The molecule has 1 rings (SSSR count). The molecule has 2 amide bonds. The predicted octanol–water partition coefficient (Wildman–Crippen LogP) is 3.19. The molecule has 17 heteroatoms. The second-order valence-corrected chi connectivity index (χ2v) is 11.8. The number of esters is 2. The highest BCUT2D eigenvalue weighted by Gasteiger charge is 2.43. The minimum atomic E-state index is -1.03. The van der Waals surface area contributed by atoms with Crippen LogP contribution in [0.1, 0.15) is 46.5 Å². The Kier molecular flexibility index (Phi) is 19.1. The number of hydrogen-bond acceptors (Lipinski definition) is 15. The highest BCUT2D eigenvalue weighted by atomic mass is 16.7. The Balaban J connectivity index is 2.53. The summed E-state index contributed by atoms with van der Waals surface area (Å²) in [4.78, 5) is 70.4. The number of carbonyl (C=O) groups excluding carboxylic acids is 6. The van der Waals surface area contributed by atoms with E-state index in [4.69, 9.17) is 33.2 Å². The Morgan fingerprint density at radius 1 is 0.708 bits per heavy atom.